The van der Waals surface area contributed by atoms with Crippen molar-refractivity contribution in [2.45, 2.75) is 0 Å². The van der Waals surface area contributed by atoms with Gasteiger partial charge in [0.25, 0.3) is 0 Å². The van der Waals surface area contributed by atoms with Gasteiger partial charge in [-0.25, -0.2) is 4.98 Å². The van der Waals surface area contributed by atoms with Crippen LogP contribution in [-0.4, -0.2) is 9.97 Å². The van der Waals surface area contributed by atoms with E-state index < -0.39 is 0 Å². The van der Waals surface area contributed by atoms with Gasteiger partial charge in [-0.15, -0.1) is 0 Å². The summed E-state index contributed by atoms with van der Waals surface area (Å²) < 4.78 is 5.58. The molecule has 1 aromatic carbocycles. The van der Waals surface area contributed by atoms with E-state index in [4.69, 9.17) is 21.8 Å². The second kappa shape index (κ2) is 3.75. The van der Waals surface area contributed by atoms with Gasteiger partial charge in [0.15, 0.2) is 11.2 Å². The molecule has 0 amide bonds. The zero-order chi connectivity index (χ0) is 11.8. The lowest BCUT2D eigenvalue weighted by molar-refractivity contribution is 0.620. The maximum Gasteiger partial charge on any atom is 0.230 e. The summed E-state index contributed by atoms with van der Waals surface area (Å²) in [7, 11) is 0. The van der Waals surface area contributed by atoms with Gasteiger partial charge >= 0.3 is 0 Å². The van der Waals surface area contributed by atoms with E-state index in [1.54, 1.807) is 30.5 Å². The van der Waals surface area contributed by atoms with E-state index in [2.05, 4.69) is 9.97 Å². The average Bonchev–Trinajstić information content (AvgIpc) is 2.72. The number of rotatable bonds is 1. The van der Waals surface area contributed by atoms with Gasteiger partial charge in [0.05, 0.1) is 5.56 Å². The smallest absolute Gasteiger partial charge is 0.230 e. The molecule has 0 aliphatic heterocycles. The molecule has 0 bridgehead atoms. The Balaban J connectivity index is 2.20. The van der Waals surface area contributed by atoms with Crippen molar-refractivity contribution in [1.82, 2.24) is 9.97 Å². The summed E-state index contributed by atoms with van der Waals surface area (Å²) in [5.41, 5.74) is 8.32. The van der Waals surface area contributed by atoms with E-state index >= 15 is 0 Å². The van der Waals surface area contributed by atoms with Crippen LogP contribution in [0, 0.1) is 0 Å². The molecular formula is C12H8ClN3O. The molecule has 0 aliphatic rings. The first-order valence-corrected chi connectivity index (χ1v) is 5.39. The molecule has 5 heteroatoms. The van der Waals surface area contributed by atoms with Crippen LogP contribution in [0.5, 0.6) is 0 Å². The minimum absolute atomic E-state index is 0.452. The first kappa shape index (κ1) is 10.1. The predicted octanol–water partition coefficient (Wildman–Crippen LogP) is 3.13. The molecule has 2 heterocycles. The van der Waals surface area contributed by atoms with Crippen molar-refractivity contribution in [1.29, 1.82) is 0 Å². The Kier molecular flexibility index (Phi) is 2.23. The number of nitrogen functional groups attached to an aromatic ring is 1. The topological polar surface area (TPSA) is 64.9 Å². The van der Waals surface area contributed by atoms with Crippen molar-refractivity contribution >= 4 is 28.5 Å². The third kappa shape index (κ3) is 1.72. The van der Waals surface area contributed by atoms with E-state index in [0.29, 0.717) is 33.4 Å². The second-order valence-electron chi connectivity index (χ2n) is 3.58. The lowest BCUT2D eigenvalue weighted by Crippen LogP contribution is -1.89. The highest BCUT2D eigenvalue weighted by molar-refractivity contribution is 6.31. The maximum absolute atomic E-state index is 5.87. The van der Waals surface area contributed by atoms with Crippen molar-refractivity contribution in [3.8, 4) is 11.5 Å². The number of fused-ring (bicyclic) bond motifs is 1. The highest BCUT2D eigenvalue weighted by Gasteiger charge is 2.11. The highest BCUT2D eigenvalue weighted by Crippen LogP contribution is 2.29. The van der Waals surface area contributed by atoms with Crippen LogP contribution in [-0.2, 0) is 0 Å². The summed E-state index contributed by atoms with van der Waals surface area (Å²) >= 11 is 5.84. The number of oxazole rings is 1. The van der Waals surface area contributed by atoms with E-state index in [9.17, 15) is 0 Å². The fourth-order valence-electron chi connectivity index (χ4n) is 1.61. The molecule has 2 aromatic heterocycles. The van der Waals surface area contributed by atoms with E-state index in [1.807, 2.05) is 6.07 Å². The van der Waals surface area contributed by atoms with Crippen molar-refractivity contribution in [2.75, 3.05) is 5.73 Å². The predicted molar refractivity (Wildman–Crippen MR) is 66.7 cm³/mol. The minimum atomic E-state index is 0.452. The van der Waals surface area contributed by atoms with Gasteiger partial charge in [0.2, 0.25) is 5.89 Å². The van der Waals surface area contributed by atoms with Crippen molar-refractivity contribution in [2.24, 2.45) is 0 Å². The lowest BCUT2D eigenvalue weighted by atomic mass is 10.2. The monoisotopic (exact) mass is 245 g/mol. The Morgan fingerprint density at radius 3 is 2.88 bits per heavy atom. The van der Waals surface area contributed by atoms with E-state index in [-0.39, 0.29) is 0 Å². The zero-order valence-electron chi connectivity index (χ0n) is 8.72. The Bertz CT molecular complexity index is 660. The minimum Gasteiger partial charge on any atom is -0.434 e. The van der Waals surface area contributed by atoms with E-state index in [1.165, 1.54) is 0 Å². The number of pyridine rings is 1. The van der Waals surface area contributed by atoms with Crippen LogP contribution in [0.4, 0.5) is 5.69 Å². The second-order valence-corrected chi connectivity index (χ2v) is 4.01. The van der Waals surface area contributed by atoms with E-state index in [0.717, 1.165) is 0 Å². The summed E-state index contributed by atoms with van der Waals surface area (Å²) in [6.07, 6.45) is 1.67. The molecule has 2 N–H and O–H groups in total. The molecule has 4 nitrogen and oxygen atoms in total. The molecule has 0 radical (unpaired) electrons. The van der Waals surface area contributed by atoms with Crippen molar-refractivity contribution in [3.63, 3.8) is 0 Å². The van der Waals surface area contributed by atoms with Crippen LogP contribution in [0.25, 0.3) is 22.7 Å². The van der Waals surface area contributed by atoms with Gasteiger partial charge in [-0.3, -0.25) is 0 Å². The molecule has 3 aromatic rings. The van der Waals surface area contributed by atoms with Crippen molar-refractivity contribution in [3.05, 3.63) is 41.6 Å². The number of hydrogen-bond acceptors (Lipinski definition) is 4. The Morgan fingerprint density at radius 2 is 2.12 bits per heavy atom. The lowest BCUT2D eigenvalue weighted by Gasteiger charge is -2.00. The Morgan fingerprint density at radius 1 is 1.24 bits per heavy atom. The zero-order valence-corrected chi connectivity index (χ0v) is 9.48. The van der Waals surface area contributed by atoms with Crippen LogP contribution in [0.1, 0.15) is 0 Å². The number of halogens is 1. The number of aromatic nitrogens is 2. The molecule has 84 valence electrons. The van der Waals surface area contributed by atoms with Crippen LogP contribution in [0.2, 0.25) is 5.02 Å². The van der Waals surface area contributed by atoms with Crippen LogP contribution in [0.15, 0.2) is 40.9 Å². The molecule has 17 heavy (non-hydrogen) atoms. The summed E-state index contributed by atoms with van der Waals surface area (Å²) in [4.78, 5) is 8.38. The third-order valence-corrected chi connectivity index (χ3v) is 2.64. The normalized spacial score (nSPS) is 10.9. The number of nitrogens with two attached hydrogens (primary N) is 1. The first-order chi connectivity index (χ1) is 8.24. The average molecular weight is 246 g/mol. The number of hydrogen-bond donors (Lipinski definition) is 1. The maximum atomic E-state index is 5.87. The number of nitrogens with zero attached hydrogens (tertiary/aromatic N) is 2. The highest BCUT2D eigenvalue weighted by atomic mass is 35.5. The van der Waals surface area contributed by atoms with Gasteiger partial charge in [-0.1, -0.05) is 11.6 Å². The van der Waals surface area contributed by atoms with Gasteiger partial charge in [-0.05, 0) is 30.3 Å². The molecule has 0 unspecified atom stereocenters. The molecule has 0 atom stereocenters. The SMILES string of the molecule is Nc1cc(Cl)ccc1-c1nc2ncccc2o1. The standard InChI is InChI=1S/C12H8ClN3O/c13-7-3-4-8(9(14)6-7)12-16-11-10(17-12)2-1-5-15-11/h1-6H,14H2. The Hall–Kier alpha value is -2.07. The van der Waals surface area contributed by atoms with Crippen LogP contribution < -0.4 is 5.73 Å². The molecule has 0 saturated carbocycles. The Labute approximate surface area is 102 Å². The van der Waals surface area contributed by atoms with Crippen LogP contribution >= 0.6 is 11.6 Å². The summed E-state index contributed by atoms with van der Waals surface area (Å²) in [5.74, 6) is 0.452. The molecule has 0 saturated heterocycles. The summed E-state index contributed by atoms with van der Waals surface area (Å²) in [6.45, 7) is 0. The number of anilines is 1. The largest absolute Gasteiger partial charge is 0.434 e. The fraction of sp³-hybridized carbons (Fsp3) is 0. The fourth-order valence-corrected chi connectivity index (χ4v) is 1.79. The quantitative estimate of drug-likeness (QED) is 0.669. The van der Waals surface area contributed by atoms with Gasteiger partial charge < -0.3 is 10.2 Å². The number of benzene rings is 1. The van der Waals surface area contributed by atoms with Gasteiger partial charge in [0.1, 0.15) is 0 Å². The molecular weight excluding hydrogens is 238 g/mol. The molecule has 3 rings (SSSR count). The summed E-state index contributed by atoms with van der Waals surface area (Å²) in [6, 6.07) is 8.80. The molecule has 0 fully saturated rings. The molecule has 0 aliphatic carbocycles. The van der Waals surface area contributed by atoms with Gasteiger partial charge in [0, 0.05) is 16.9 Å². The summed E-state index contributed by atoms with van der Waals surface area (Å²) in [5, 5.41) is 0.584. The van der Waals surface area contributed by atoms with Gasteiger partial charge in [-0.2, -0.15) is 4.98 Å². The van der Waals surface area contributed by atoms with Crippen LogP contribution in [0.3, 0.4) is 0 Å². The molecule has 0 spiro atoms. The first-order valence-electron chi connectivity index (χ1n) is 5.01. The van der Waals surface area contributed by atoms with Crippen molar-refractivity contribution < 1.29 is 4.42 Å². The third-order valence-electron chi connectivity index (χ3n) is 2.41.